The average molecular weight is 389 g/mol. The third kappa shape index (κ3) is 2.98. The molecule has 0 atom stereocenters. The summed E-state index contributed by atoms with van der Waals surface area (Å²) >= 11 is 0. The van der Waals surface area contributed by atoms with Crippen LogP contribution < -0.4 is 5.56 Å². The number of hydrogen-bond donors (Lipinski definition) is 1. The molecule has 0 aliphatic carbocycles. The van der Waals surface area contributed by atoms with Crippen molar-refractivity contribution in [2.75, 3.05) is 0 Å². The van der Waals surface area contributed by atoms with Gasteiger partial charge in [-0.15, -0.1) is 10.2 Å². The Balaban J connectivity index is 1.84. The van der Waals surface area contributed by atoms with Gasteiger partial charge in [-0.2, -0.15) is 5.10 Å². The Morgan fingerprint density at radius 2 is 1.66 bits per heavy atom. The molecule has 4 aromatic rings. The lowest BCUT2D eigenvalue weighted by molar-refractivity contribution is 0.0990. The highest BCUT2D eigenvalue weighted by Gasteiger charge is 2.20. The Bertz CT molecular complexity index is 1350. The minimum Gasteiger partial charge on any atom is -0.493 e. The number of amides is 1. The van der Waals surface area contributed by atoms with Crippen LogP contribution in [0.3, 0.4) is 0 Å². The van der Waals surface area contributed by atoms with E-state index in [0.29, 0.717) is 16.2 Å². The zero-order valence-electron chi connectivity index (χ0n) is 16.2. The Morgan fingerprint density at radius 1 is 1.03 bits per heavy atom. The van der Waals surface area contributed by atoms with Crippen molar-refractivity contribution >= 4 is 33.3 Å². The largest absolute Gasteiger partial charge is 0.493 e. The summed E-state index contributed by atoms with van der Waals surface area (Å²) in [4.78, 5) is 25.0. The lowest BCUT2D eigenvalue weighted by Gasteiger charge is -2.10. The molecule has 0 aliphatic rings. The van der Waals surface area contributed by atoms with Gasteiger partial charge in [0.15, 0.2) is 11.4 Å². The number of nitrogens with zero attached hydrogens (tertiary/aromatic N) is 5. The average Bonchev–Trinajstić information content (AvgIpc) is 3.00. The van der Waals surface area contributed by atoms with Crippen molar-refractivity contribution < 1.29 is 9.90 Å². The van der Waals surface area contributed by atoms with Crippen molar-refractivity contribution in [1.29, 1.82) is 0 Å². The van der Waals surface area contributed by atoms with Crippen LogP contribution in [0.1, 0.15) is 30.4 Å². The maximum Gasteiger partial charge on any atom is 0.316 e. The molecule has 0 spiro atoms. The fourth-order valence-corrected chi connectivity index (χ4v) is 3.45. The summed E-state index contributed by atoms with van der Waals surface area (Å²) in [5, 5.41) is 24.1. The third-order valence-corrected chi connectivity index (χ3v) is 4.78. The predicted molar refractivity (Wildman–Crippen MR) is 110 cm³/mol. The molecule has 8 heteroatoms. The first-order valence-corrected chi connectivity index (χ1v) is 9.14. The molecule has 0 radical (unpaired) electrons. The zero-order valence-corrected chi connectivity index (χ0v) is 16.2. The first-order valence-electron chi connectivity index (χ1n) is 9.14. The van der Waals surface area contributed by atoms with Gasteiger partial charge in [-0.1, -0.05) is 36.4 Å². The smallest absolute Gasteiger partial charge is 0.316 e. The van der Waals surface area contributed by atoms with E-state index >= 15 is 0 Å². The number of benzene rings is 2. The molecule has 2 aromatic heterocycles. The first-order chi connectivity index (χ1) is 13.9. The Labute approximate surface area is 165 Å². The number of hydrogen-bond acceptors (Lipinski definition) is 5. The maximum absolute atomic E-state index is 12.8. The molecule has 0 bridgehead atoms. The molecule has 1 N–H and O–H groups in total. The van der Waals surface area contributed by atoms with E-state index in [1.165, 1.54) is 7.05 Å². The zero-order chi connectivity index (χ0) is 20.7. The second-order valence-electron chi connectivity index (χ2n) is 6.98. The third-order valence-electron chi connectivity index (χ3n) is 4.78. The van der Waals surface area contributed by atoms with Gasteiger partial charge in [0.1, 0.15) is 0 Å². The summed E-state index contributed by atoms with van der Waals surface area (Å²) in [6, 6.07) is 14.1. The van der Waals surface area contributed by atoms with E-state index in [1.807, 2.05) is 38.1 Å². The van der Waals surface area contributed by atoms with Crippen molar-refractivity contribution in [3.8, 4) is 5.88 Å². The van der Waals surface area contributed by atoms with Crippen molar-refractivity contribution in [3.63, 3.8) is 0 Å². The van der Waals surface area contributed by atoms with Gasteiger partial charge < -0.3 is 9.67 Å². The van der Waals surface area contributed by atoms with Crippen LogP contribution in [0.15, 0.2) is 63.6 Å². The van der Waals surface area contributed by atoms with Gasteiger partial charge in [0.25, 0.3) is 5.56 Å². The van der Waals surface area contributed by atoms with E-state index in [9.17, 15) is 14.7 Å². The number of carbonyl (C=O) groups is 1. The van der Waals surface area contributed by atoms with E-state index < -0.39 is 5.91 Å². The van der Waals surface area contributed by atoms with Crippen LogP contribution in [0.5, 0.6) is 5.88 Å². The van der Waals surface area contributed by atoms with Gasteiger partial charge in [0, 0.05) is 23.9 Å². The Morgan fingerprint density at radius 3 is 2.34 bits per heavy atom. The van der Waals surface area contributed by atoms with Crippen molar-refractivity contribution in [1.82, 2.24) is 14.3 Å². The second-order valence-corrected chi connectivity index (χ2v) is 6.98. The summed E-state index contributed by atoms with van der Waals surface area (Å²) in [5.74, 6) is -0.756. The molecule has 0 saturated carbocycles. The molecule has 0 fully saturated rings. The van der Waals surface area contributed by atoms with Crippen LogP contribution in [0.25, 0.3) is 21.7 Å². The second kappa shape index (κ2) is 6.97. The summed E-state index contributed by atoms with van der Waals surface area (Å²) in [7, 11) is 1.48. The highest BCUT2D eigenvalue weighted by atomic mass is 16.3. The molecule has 0 unspecified atom stereocenters. The van der Waals surface area contributed by atoms with Gasteiger partial charge in [-0.25, -0.2) is 4.68 Å². The highest BCUT2D eigenvalue weighted by molar-refractivity contribution is 6.05. The van der Waals surface area contributed by atoms with Crippen LogP contribution >= 0.6 is 0 Å². The molecule has 146 valence electrons. The quantitative estimate of drug-likeness (QED) is 0.533. The fourth-order valence-electron chi connectivity index (χ4n) is 3.45. The standard InChI is InChI=1S/C21H19N5O3/c1-12(2)26-16-11-7-6-10-15(16)18(21(26)29)22-23-19(27)17-13-8-4-5-9-14(13)20(28)25(3)24-17/h4-12,29H,1-3H3. The van der Waals surface area contributed by atoms with E-state index in [1.54, 1.807) is 28.8 Å². The maximum atomic E-state index is 12.8. The molecule has 8 nitrogen and oxygen atoms in total. The number of aromatic nitrogens is 3. The molecule has 0 aliphatic heterocycles. The van der Waals surface area contributed by atoms with E-state index in [2.05, 4.69) is 15.3 Å². The number of azo groups is 1. The van der Waals surface area contributed by atoms with Crippen molar-refractivity contribution in [2.45, 2.75) is 19.9 Å². The van der Waals surface area contributed by atoms with Crippen LogP contribution in [0, 0.1) is 0 Å². The Hall–Kier alpha value is -3.81. The van der Waals surface area contributed by atoms with Crippen LogP contribution in [-0.2, 0) is 7.05 Å². The molecule has 1 amide bonds. The Kier molecular flexibility index (Phi) is 4.46. The van der Waals surface area contributed by atoms with Crippen molar-refractivity contribution in [3.05, 3.63) is 64.6 Å². The first kappa shape index (κ1) is 18.5. The van der Waals surface area contributed by atoms with Crippen LogP contribution in [0.4, 0.5) is 5.69 Å². The number of carbonyl (C=O) groups excluding carboxylic acids is 1. The number of aromatic hydroxyl groups is 1. The molecule has 2 aromatic carbocycles. The SMILES string of the molecule is CC(C)n1c(O)c(N=NC(=O)c2nn(C)c(=O)c3ccccc23)c2ccccc21. The topological polar surface area (TPSA) is 102 Å². The molecular weight excluding hydrogens is 370 g/mol. The van der Waals surface area contributed by atoms with Gasteiger partial charge in [0.05, 0.1) is 10.9 Å². The summed E-state index contributed by atoms with van der Waals surface area (Å²) in [6.45, 7) is 3.89. The molecule has 2 heterocycles. The van der Waals surface area contributed by atoms with Gasteiger partial charge in [-0.05, 0) is 26.0 Å². The van der Waals surface area contributed by atoms with E-state index in [-0.39, 0.29) is 28.9 Å². The summed E-state index contributed by atoms with van der Waals surface area (Å²) < 4.78 is 2.83. The number of para-hydroxylation sites is 1. The number of aryl methyl sites for hydroxylation is 1. The summed E-state index contributed by atoms with van der Waals surface area (Å²) in [5.41, 5.74) is 0.745. The fraction of sp³-hybridized carbons (Fsp3) is 0.190. The minimum absolute atomic E-state index is 0.00573. The molecule has 0 saturated heterocycles. The lowest BCUT2D eigenvalue weighted by atomic mass is 10.1. The lowest BCUT2D eigenvalue weighted by Crippen LogP contribution is -2.22. The predicted octanol–water partition coefficient (Wildman–Crippen LogP) is 4.10. The van der Waals surface area contributed by atoms with Crippen molar-refractivity contribution in [2.24, 2.45) is 17.3 Å². The molecular formula is C21H19N5O3. The van der Waals surface area contributed by atoms with Gasteiger partial charge in [0.2, 0.25) is 5.88 Å². The number of rotatable bonds is 3. The van der Waals surface area contributed by atoms with Gasteiger partial charge >= 0.3 is 5.91 Å². The highest BCUT2D eigenvalue weighted by Crippen LogP contribution is 2.40. The number of fused-ring (bicyclic) bond motifs is 2. The van der Waals surface area contributed by atoms with E-state index in [4.69, 9.17) is 0 Å². The molecule has 29 heavy (non-hydrogen) atoms. The van der Waals surface area contributed by atoms with Gasteiger partial charge in [-0.3, -0.25) is 9.59 Å². The minimum atomic E-state index is -0.697. The van der Waals surface area contributed by atoms with E-state index in [0.717, 1.165) is 10.2 Å². The normalized spacial score (nSPS) is 11.9. The summed E-state index contributed by atoms with van der Waals surface area (Å²) in [6.07, 6.45) is 0. The van der Waals surface area contributed by atoms with Crippen LogP contribution in [-0.4, -0.2) is 25.4 Å². The molecule has 4 rings (SSSR count). The monoisotopic (exact) mass is 389 g/mol. The van der Waals surface area contributed by atoms with Crippen LogP contribution in [0.2, 0.25) is 0 Å².